The Labute approximate surface area is 95.0 Å². The van der Waals surface area contributed by atoms with Gasteiger partial charge in [-0.2, -0.15) is 0 Å². The molecule has 1 aliphatic rings. The van der Waals surface area contributed by atoms with Crippen LogP contribution in [0.3, 0.4) is 0 Å². The number of hydrogen-bond donors (Lipinski definition) is 1. The molecule has 1 saturated heterocycles. The van der Waals surface area contributed by atoms with Crippen molar-refractivity contribution in [3.05, 3.63) is 17.0 Å². The van der Waals surface area contributed by atoms with Crippen molar-refractivity contribution >= 4 is 16.3 Å². The number of nitrogens with zero attached hydrogens (tertiary/aromatic N) is 1. The second-order valence-electron chi connectivity index (χ2n) is 4.02. The third-order valence-electron chi connectivity index (χ3n) is 2.67. The lowest BCUT2D eigenvalue weighted by atomic mass is 10.2. The molecule has 1 N–H and O–H groups in total. The van der Waals surface area contributed by atoms with Crippen LogP contribution < -0.4 is 10.2 Å². The first-order valence-electron chi connectivity index (χ1n) is 5.33. The quantitative estimate of drug-likeness (QED) is 0.845. The summed E-state index contributed by atoms with van der Waals surface area (Å²) in [6.07, 6.45) is 0. The summed E-state index contributed by atoms with van der Waals surface area (Å²) in [7, 11) is 2.15. The van der Waals surface area contributed by atoms with Crippen molar-refractivity contribution in [2.75, 3.05) is 38.3 Å². The van der Waals surface area contributed by atoms with E-state index >= 15 is 0 Å². The van der Waals surface area contributed by atoms with Crippen LogP contribution in [-0.4, -0.2) is 39.4 Å². The van der Waals surface area contributed by atoms with E-state index in [1.54, 1.807) is 11.3 Å². The predicted octanol–water partition coefficient (Wildman–Crippen LogP) is 1.48. The first kappa shape index (κ1) is 10.9. The van der Waals surface area contributed by atoms with Crippen molar-refractivity contribution in [1.82, 2.24) is 5.32 Å². The lowest BCUT2D eigenvalue weighted by Crippen LogP contribution is -2.47. The number of morpholine rings is 1. The lowest BCUT2D eigenvalue weighted by Gasteiger charge is -2.29. The average Bonchev–Trinajstić information content (AvgIpc) is 2.66. The van der Waals surface area contributed by atoms with Crippen LogP contribution in [0.15, 0.2) is 11.4 Å². The van der Waals surface area contributed by atoms with Gasteiger partial charge in [0.1, 0.15) is 0 Å². The van der Waals surface area contributed by atoms with E-state index in [0.29, 0.717) is 6.04 Å². The van der Waals surface area contributed by atoms with Gasteiger partial charge < -0.3 is 15.0 Å². The molecule has 0 spiro atoms. The van der Waals surface area contributed by atoms with E-state index in [9.17, 15) is 0 Å². The highest BCUT2D eigenvalue weighted by atomic mass is 32.1. The van der Waals surface area contributed by atoms with Gasteiger partial charge in [-0.05, 0) is 23.9 Å². The molecule has 2 heterocycles. The van der Waals surface area contributed by atoms with Gasteiger partial charge in [0.05, 0.1) is 18.2 Å². The van der Waals surface area contributed by atoms with Gasteiger partial charge in [0.25, 0.3) is 0 Å². The Morgan fingerprint density at radius 3 is 3.13 bits per heavy atom. The average molecular weight is 226 g/mol. The maximum absolute atomic E-state index is 5.44. The Hall–Kier alpha value is -0.580. The highest BCUT2D eigenvalue weighted by Crippen LogP contribution is 2.25. The zero-order valence-electron chi connectivity index (χ0n) is 9.32. The molecule has 1 aromatic rings. The molecule has 4 heteroatoms. The van der Waals surface area contributed by atoms with Crippen LogP contribution in [0.2, 0.25) is 0 Å². The first-order chi connectivity index (χ1) is 7.27. The number of hydrogen-bond acceptors (Lipinski definition) is 4. The first-order valence-corrected chi connectivity index (χ1v) is 6.21. The van der Waals surface area contributed by atoms with Gasteiger partial charge in [0.15, 0.2) is 0 Å². The zero-order valence-corrected chi connectivity index (χ0v) is 10.1. The summed E-state index contributed by atoms with van der Waals surface area (Å²) in [6.45, 7) is 5.82. The second-order valence-corrected chi connectivity index (χ2v) is 4.91. The molecule has 0 aromatic carbocycles. The van der Waals surface area contributed by atoms with E-state index in [0.717, 1.165) is 26.3 Å². The van der Waals surface area contributed by atoms with Crippen molar-refractivity contribution in [2.45, 2.75) is 13.0 Å². The molecular formula is C11H18N2OS. The van der Waals surface area contributed by atoms with Crippen LogP contribution in [0.5, 0.6) is 0 Å². The third kappa shape index (κ3) is 2.71. The highest BCUT2D eigenvalue weighted by molar-refractivity contribution is 7.14. The Morgan fingerprint density at radius 1 is 1.67 bits per heavy atom. The van der Waals surface area contributed by atoms with Crippen LogP contribution in [0.1, 0.15) is 5.56 Å². The van der Waals surface area contributed by atoms with E-state index in [1.165, 1.54) is 10.6 Å². The predicted molar refractivity (Wildman–Crippen MR) is 64.9 cm³/mol. The molecule has 0 aliphatic carbocycles. The minimum atomic E-state index is 0.463. The van der Waals surface area contributed by atoms with Crippen molar-refractivity contribution < 1.29 is 4.74 Å². The second kappa shape index (κ2) is 4.96. The maximum atomic E-state index is 5.44. The van der Waals surface area contributed by atoms with Gasteiger partial charge in [-0.3, -0.25) is 0 Å². The molecule has 1 unspecified atom stereocenters. The van der Waals surface area contributed by atoms with E-state index < -0.39 is 0 Å². The van der Waals surface area contributed by atoms with Gasteiger partial charge in [-0.1, -0.05) is 0 Å². The Kier molecular flexibility index (Phi) is 3.61. The fourth-order valence-corrected chi connectivity index (χ4v) is 2.82. The monoisotopic (exact) mass is 226 g/mol. The van der Waals surface area contributed by atoms with Crippen LogP contribution >= 0.6 is 11.3 Å². The van der Waals surface area contributed by atoms with Gasteiger partial charge in [-0.15, -0.1) is 11.3 Å². The van der Waals surface area contributed by atoms with Crippen LogP contribution in [0.25, 0.3) is 0 Å². The molecule has 0 radical (unpaired) electrons. The summed E-state index contributed by atoms with van der Waals surface area (Å²) in [4.78, 5) is 2.31. The largest absolute Gasteiger partial charge is 0.378 e. The van der Waals surface area contributed by atoms with Crippen LogP contribution in [0.4, 0.5) is 5.00 Å². The summed E-state index contributed by atoms with van der Waals surface area (Å²) in [5, 5.41) is 6.98. The standard InChI is InChI=1S/C11H18N2OS/c1-9-3-6-15-11(9)13(2)7-10-8-14-5-4-12-10/h3,6,10,12H,4-5,7-8H2,1-2H3. The molecule has 1 atom stereocenters. The van der Waals surface area contributed by atoms with Gasteiger partial charge in [0.2, 0.25) is 0 Å². The van der Waals surface area contributed by atoms with E-state index in [-0.39, 0.29) is 0 Å². The number of likely N-dealkylation sites (N-methyl/N-ethyl adjacent to an activating group) is 1. The van der Waals surface area contributed by atoms with Crippen molar-refractivity contribution in [1.29, 1.82) is 0 Å². The van der Waals surface area contributed by atoms with Gasteiger partial charge in [-0.25, -0.2) is 0 Å². The molecule has 84 valence electrons. The number of thiophene rings is 1. The molecule has 2 rings (SSSR count). The fourth-order valence-electron chi connectivity index (χ4n) is 1.91. The number of anilines is 1. The smallest absolute Gasteiger partial charge is 0.0936 e. The molecule has 15 heavy (non-hydrogen) atoms. The normalized spacial score (nSPS) is 21.6. The lowest BCUT2D eigenvalue weighted by molar-refractivity contribution is 0.0791. The summed E-state index contributed by atoms with van der Waals surface area (Å²) in [6, 6.07) is 2.63. The van der Waals surface area contributed by atoms with E-state index in [2.05, 4.69) is 35.6 Å². The molecule has 1 aliphatic heterocycles. The number of rotatable bonds is 3. The van der Waals surface area contributed by atoms with E-state index in [1.807, 2.05) is 0 Å². The summed E-state index contributed by atoms with van der Waals surface area (Å²) >= 11 is 1.80. The Morgan fingerprint density at radius 2 is 2.53 bits per heavy atom. The number of nitrogens with one attached hydrogen (secondary N) is 1. The molecular weight excluding hydrogens is 208 g/mol. The van der Waals surface area contributed by atoms with E-state index in [4.69, 9.17) is 4.74 Å². The SMILES string of the molecule is Cc1ccsc1N(C)CC1COCCN1. The Bertz CT molecular complexity index is 307. The minimum absolute atomic E-state index is 0.463. The Balaban J connectivity index is 1.91. The molecule has 0 amide bonds. The van der Waals surface area contributed by atoms with Crippen molar-refractivity contribution in [2.24, 2.45) is 0 Å². The van der Waals surface area contributed by atoms with Crippen LogP contribution in [-0.2, 0) is 4.74 Å². The van der Waals surface area contributed by atoms with Crippen molar-refractivity contribution in [3.8, 4) is 0 Å². The summed E-state index contributed by atoms with van der Waals surface area (Å²) in [5.41, 5.74) is 1.36. The molecule has 0 saturated carbocycles. The highest BCUT2D eigenvalue weighted by Gasteiger charge is 2.16. The molecule has 0 bridgehead atoms. The van der Waals surface area contributed by atoms with Crippen molar-refractivity contribution in [3.63, 3.8) is 0 Å². The fraction of sp³-hybridized carbons (Fsp3) is 0.636. The zero-order chi connectivity index (χ0) is 10.7. The summed E-state index contributed by atoms with van der Waals surface area (Å²) in [5.74, 6) is 0. The topological polar surface area (TPSA) is 24.5 Å². The van der Waals surface area contributed by atoms with Gasteiger partial charge >= 0.3 is 0 Å². The maximum Gasteiger partial charge on any atom is 0.0936 e. The minimum Gasteiger partial charge on any atom is -0.378 e. The molecule has 3 nitrogen and oxygen atoms in total. The molecule has 1 fully saturated rings. The van der Waals surface area contributed by atoms with Gasteiger partial charge in [0, 0.05) is 26.2 Å². The third-order valence-corrected chi connectivity index (χ3v) is 3.80. The number of aryl methyl sites for hydroxylation is 1. The summed E-state index contributed by atoms with van der Waals surface area (Å²) < 4.78 is 5.44. The van der Waals surface area contributed by atoms with Crippen LogP contribution in [0, 0.1) is 6.92 Å². The number of ether oxygens (including phenoxy) is 1. The molecule has 1 aromatic heterocycles.